The molecule has 0 radical (unpaired) electrons. The van der Waals surface area contributed by atoms with Crippen LogP contribution in [0.4, 0.5) is 5.69 Å². The van der Waals surface area contributed by atoms with Crippen LogP contribution in [-0.4, -0.2) is 49.7 Å². The summed E-state index contributed by atoms with van der Waals surface area (Å²) in [7, 11) is 0. The van der Waals surface area contributed by atoms with E-state index in [0.29, 0.717) is 31.8 Å². The highest BCUT2D eigenvalue weighted by Gasteiger charge is 2.20. The fraction of sp³-hybridized carbons (Fsp3) is 0.632. The molecule has 1 fully saturated rings. The average Bonchev–Trinajstić information content (AvgIpc) is 2.84. The van der Waals surface area contributed by atoms with Crippen molar-refractivity contribution in [2.24, 2.45) is 16.6 Å². The minimum absolute atomic E-state index is 0.409. The van der Waals surface area contributed by atoms with Crippen LogP contribution in [0.1, 0.15) is 33.1 Å². The summed E-state index contributed by atoms with van der Waals surface area (Å²) in [5.74, 6) is 2.75. The number of nitrogens with one attached hydrogen (secondary N) is 1. The molecule has 2 unspecified atom stereocenters. The van der Waals surface area contributed by atoms with Crippen LogP contribution >= 0.6 is 0 Å². The lowest BCUT2D eigenvalue weighted by atomic mass is 9.99. The van der Waals surface area contributed by atoms with Gasteiger partial charge in [-0.15, -0.1) is 0 Å². The van der Waals surface area contributed by atoms with Crippen LogP contribution in [0.25, 0.3) is 0 Å². The summed E-state index contributed by atoms with van der Waals surface area (Å²) in [6, 6.07) is 6.17. The number of rotatable bonds is 4. The second-order valence-electron chi connectivity index (χ2n) is 7.15. The molecule has 6 nitrogen and oxygen atoms in total. The van der Waals surface area contributed by atoms with Gasteiger partial charge in [0, 0.05) is 30.8 Å². The highest BCUT2D eigenvalue weighted by molar-refractivity contribution is 5.92. The third-order valence-electron chi connectivity index (χ3n) is 4.86. The van der Waals surface area contributed by atoms with E-state index < -0.39 is 0 Å². The number of fused-ring (bicyclic) bond motifs is 1. The first-order valence-corrected chi connectivity index (χ1v) is 9.32. The van der Waals surface area contributed by atoms with Gasteiger partial charge in [0.1, 0.15) is 0 Å². The van der Waals surface area contributed by atoms with Crippen LogP contribution < -0.4 is 20.5 Å². The van der Waals surface area contributed by atoms with Gasteiger partial charge in [0.15, 0.2) is 17.5 Å². The van der Waals surface area contributed by atoms with E-state index in [1.165, 1.54) is 12.8 Å². The van der Waals surface area contributed by atoms with Crippen molar-refractivity contribution in [2.45, 2.75) is 39.2 Å². The molecule has 0 amide bonds. The van der Waals surface area contributed by atoms with Crippen molar-refractivity contribution in [3.8, 4) is 11.5 Å². The number of anilines is 1. The highest BCUT2D eigenvalue weighted by Crippen LogP contribution is 2.32. The molecule has 2 heterocycles. The minimum atomic E-state index is 0.409. The quantitative estimate of drug-likeness (QED) is 0.648. The van der Waals surface area contributed by atoms with Gasteiger partial charge in [-0.1, -0.05) is 6.92 Å². The van der Waals surface area contributed by atoms with E-state index in [1.54, 1.807) is 0 Å². The van der Waals surface area contributed by atoms with Gasteiger partial charge in [-0.05, 0) is 44.4 Å². The van der Waals surface area contributed by atoms with E-state index in [4.69, 9.17) is 15.2 Å². The number of hydrogen-bond acceptors (Lipinski definition) is 4. The Hall–Kier alpha value is -1.95. The normalized spacial score (nSPS) is 23.0. The Morgan fingerprint density at radius 3 is 2.92 bits per heavy atom. The molecule has 6 heteroatoms. The van der Waals surface area contributed by atoms with Crippen LogP contribution in [-0.2, 0) is 0 Å². The fourth-order valence-electron chi connectivity index (χ4n) is 3.40. The summed E-state index contributed by atoms with van der Waals surface area (Å²) in [6.45, 7) is 8.94. The number of ether oxygens (including phenoxy) is 2. The molecule has 1 aromatic carbocycles. The second-order valence-corrected chi connectivity index (χ2v) is 7.15. The zero-order valence-electron chi connectivity index (χ0n) is 15.3. The van der Waals surface area contributed by atoms with Gasteiger partial charge in [0.2, 0.25) is 0 Å². The lowest BCUT2D eigenvalue weighted by molar-refractivity contribution is 0.142. The van der Waals surface area contributed by atoms with Crippen molar-refractivity contribution >= 4 is 11.6 Å². The van der Waals surface area contributed by atoms with Crippen LogP contribution in [0.5, 0.6) is 11.5 Å². The van der Waals surface area contributed by atoms with Crippen LogP contribution in [0.15, 0.2) is 23.2 Å². The Morgan fingerprint density at radius 2 is 2.12 bits per heavy atom. The molecule has 2 atom stereocenters. The molecular weight excluding hydrogens is 316 g/mol. The van der Waals surface area contributed by atoms with Gasteiger partial charge in [0.05, 0.1) is 19.8 Å². The van der Waals surface area contributed by atoms with E-state index in [0.717, 1.165) is 42.6 Å². The molecule has 25 heavy (non-hydrogen) atoms. The summed E-state index contributed by atoms with van der Waals surface area (Å²) < 4.78 is 11.3. The van der Waals surface area contributed by atoms with E-state index in [-0.39, 0.29) is 0 Å². The maximum absolute atomic E-state index is 6.07. The molecule has 1 aromatic rings. The molecule has 3 rings (SSSR count). The lowest BCUT2D eigenvalue weighted by Gasteiger charge is -2.34. The zero-order chi connectivity index (χ0) is 17.6. The number of aliphatic imine (C=N–C) groups is 1. The number of nitrogens with zero attached hydrogens (tertiary/aromatic N) is 2. The number of likely N-dealkylation sites (tertiary alicyclic amines) is 1. The first-order chi connectivity index (χ1) is 12.1. The number of guanidine groups is 1. The molecule has 2 aliphatic heterocycles. The molecule has 0 saturated carbocycles. The SMILES string of the molecule is CC1CCCN(C(C)CN=C(N)Nc2ccc3c(c2)OCCCO3)C1. The molecule has 1 saturated heterocycles. The van der Waals surface area contributed by atoms with Gasteiger partial charge in [-0.2, -0.15) is 0 Å². The van der Waals surface area contributed by atoms with Gasteiger partial charge < -0.3 is 20.5 Å². The largest absolute Gasteiger partial charge is 0.490 e. The molecule has 0 aliphatic carbocycles. The Balaban J connectivity index is 1.55. The van der Waals surface area contributed by atoms with Gasteiger partial charge in [-0.3, -0.25) is 9.89 Å². The summed E-state index contributed by atoms with van der Waals surface area (Å²) >= 11 is 0. The first kappa shape index (κ1) is 17.9. The average molecular weight is 346 g/mol. The highest BCUT2D eigenvalue weighted by atomic mass is 16.5. The van der Waals surface area contributed by atoms with Gasteiger partial charge in [0.25, 0.3) is 0 Å². The van der Waals surface area contributed by atoms with E-state index >= 15 is 0 Å². The van der Waals surface area contributed by atoms with Gasteiger partial charge in [-0.25, -0.2) is 0 Å². The predicted molar refractivity (Wildman–Crippen MR) is 102 cm³/mol. The van der Waals surface area contributed by atoms with Crippen LogP contribution in [0.2, 0.25) is 0 Å². The van der Waals surface area contributed by atoms with Crippen molar-refractivity contribution in [3.05, 3.63) is 18.2 Å². The summed E-state index contributed by atoms with van der Waals surface area (Å²) in [5, 5.41) is 3.15. The Kier molecular flexibility index (Phi) is 6.02. The van der Waals surface area contributed by atoms with Crippen molar-refractivity contribution in [3.63, 3.8) is 0 Å². The maximum Gasteiger partial charge on any atom is 0.193 e. The summed E-state index contributed by atoms with van der Waals surface area (Å²) in [4.78, 5) is 7.03. The fourth-order valence-corrected chi connectivity index (χ4v) is 3.40. The van der Waals surface area contributed by atoms with Crippen LogP contribution in [0, 0.1) is 5.92 Å². The maximum atomic E-state index is 6.07. The molecule has 0 aromatic heterocycles. The third kappa shape index (κ3) is 5.01. The van der Waals surface area contributed by atoms with Crippen LogP contribution in [0.3, 0.4) is 0 Å². The Labute approximate surface area is 150 Å². The molecule has 0 bridgehead atoms. The molecule has 3 N–H and O–H groups in total. The monoisotopic (exact) mass is 346 g/mol. The number of benzene rings is 1. The van der Waals surface area contributed by atoms with Gasteiger partial charge >= 0.3 is 0 Å². The second kappa shape index (κ2) is 8.43. The molecular formula is C19H30N4O2. The summed E-state index contributed by atoms with van der Waals surface area (Å²) in [6.07, 6.45) is 3.51. The minimum Gasteiger partial charge on any atom is -0.490 e. The standard InChI is InChI=1S/C19H30N4O2/c1-14-5-3-8-23(13-14)15(2)12-21-19(20)22-16-6-7-17-18(11-16)25-10-4-9-24-17/h6-7,11,14-15H,3-5,8-10,12-13H2,1-2H3,(H3,20,21,22). The topological polar surface area (TPSA) is 72.1 Å². The van der Waals surface area contributed by atoms with Crippen molar-refractivity contribution in [1.82, 2.24) is 4.90 Å². The number of nitrogens with two attached hydrogens (primary N) is 1. The van der Waals surface area contributed by atoms with Crippen molar-refractivity contribution in [2.75, 3.05) is 38.2 Å². The molecule has 2 aliphatic rings. The van der Waals surface area contributed by atoms with E-state index in [9.17, 15) is 0 Å². The Bertz CT molecular complexity index is 605. The predicted octanol–water partition coefficient (Wildman–Crippen LogP) is 2.69. The lowest BCUT2D eigenvalue weighted by Crippen LogP contribution is -2.42. The van der Waals surface area contributed by atoms with E-state index in [1.807, 2.05) is 18.2 Å². The summed E-state index contributed by atoms with van der Waals surface area (Å²) in [5.41, 5.74) is 6.93. The zero-order valence-corrected chi connectivity index (χ0v) is 15.3. The number of piperidine rings is 1. The number of hydrogen-bond donors (Lipinski definition) is 2. The first-order valence-electron chi connectivity index (χ1n) is 9.32. The smallest absolute Gasteiger partial charge is 0.193 e. The van der Waals surface area contributed by atoms with Crippen molar-refractivity contribution < 1.29 is 9.47 Å². The molecule has 138 valence electrons. The van der Waals surface area contributed by atoms with Crippen molar-refractivity contribution in [1.29, 1.82) is 0 Å². The van der Waals surface area contributed by atoms with E-state index in [2.05, 4.69) is 29.1 Å². The Morgan fingerprint density at radius 1 is 1.32 bits per heavy atom. The molecule has 0 spiro atoms. The third-order valence-corrected chi connectivity index (χ3v) is 4.86.